The average Bonchev–Trinajstić information content (AvgIpc) is 2.97. The maximum atomic E-state index is 10.6. The second kappa shape index (κ2) is 5.69. The van der Waals surface area contributed by atoms with Crippen LogP contribution in [0.15, 0.2) is 64.1 Å². The van der Waals surface area contributed by atoms with Crippen LogP contribution in [0.4, 0.5) is 11.4 Å². The minimum atomic E-state index is -0.438. The van der Waals surface area contributed by atoms with Crippen molar-refractivity contribution in [1.29, 1.82) is 0 Å². The number of nitro groups is 1. The Balaban J connectivity index is 1.77. The number of non-ortho nitro benzene ring substituents is 1. The fourth-order valence-electron chi connectivity index (χ4n) is 2.02. The molecule has 0 saturated heterocycles. The Morgan fingerprint density at radius 2 is 1.91 bits per heavy atom. The third-order valence-electron chi connectivity index (χ3n) is 3.21. The molecule has 0 atom stereocenters. The van der Waals surface area contributed by atoms with Crippen LogP contribution in [0.3, 0.4) is 0 Å². The van der Waals surface area contributed by atoms with Crippen molar-refractivity contribution in [3.63, 3.8) is 0 Å². The van der Waals surface area contributed by atoms with Crippen molar-refractivity contribution in [2.45, 2.75) is 6.92 Å². The summed E-state index contributed by atoms with van der Waals surface area (Å²) in [6.07, 6.45) is 0. The molecule has 0 fully saturated rings. The largest absolute Gasteiger partial charge is 0.455 e. The van der Waals surface area contributed by atoms with Crippen LogP contribution < -0.4 is 5.43 Å². The number of nitro benzene ring substituents is 1. The molecule has 0 amide bonds. The Morgan fingerprint density at radius 1 is 1.18 bits per heavy atom. The topological polar surface area (TPSA) is 80.7 Å². The van der Waals surface area contributed by atoms with E-state index in [1.807, 2.05) is 37.3 Å². The van der Waals surface area contributed by atoms with Crippen molar-refractivity contribution in [3.05, 3.63) is 70.5 Å². The third-order valence-corrected chi connectivity index (χ3v) is 3.21. The molecular formula is C16H13N3O3. The smallest absolute Gasteiger partial charge is 0.269 e. The van der Waals surface area contributed by atoms with E-state index in [4.69, 9.17) is 4.42 Å². The molecule has 0 unspecified atom stereocenters. The first kappa shape index (κ1) is 13.8. The van der Waals surface area contributed by atoms with Crippen LogP contribution in [0.2, 0.25) is 0 Å². The van der Waals surface area contributed by atoms with Gasteiger partial charge in [0.2, 0.25) is 0 Å². The van der Waals surface area contributed by atoms with E-state index in [1.165, 1.54) is 12.1 Å². The first-order valence-corrected chi connectivity index (χ1v) is 6.67. The molecule has 0 bridgehead atoms. The molecule has 0 spiro atoms. The molecule has 0 aliphatic heterocycles. The summed E-state index contributed by atoms with van der Waals surface area (Å²) >= 11 is 0. The van der Waals surface area contributed by atoms with Gasteiger partial charge in [0.25, 0.3) is 5.69 Å². The van der Waals surface area contributed by atoms with Gasteiger partial charge in [-0.15, -0.1) is 0 Å². The van der Waals surface area contributed by atoms with Gasteiger partial charge in [-0.25, -0.2) is 0 Å². The molecule has 0 aliphatic rings. The van der Waals surface area contributed by atoms with Gasteiger partial charge in [-0.05, 0) is 31.2 Å². The normalized spacial score (nSPS) is 11.6. The van der Waals surface area contributed by atoms with E-state index >= 15 is 0 Å². The third kappa shape index (κ3) is 2.80. The summed E-state index contributed by atoms with van der Waals surface area (Å²) in [6.45, 7) is 1.83. The monoisotopic (exact) mass is 295 g/mol. The van der Waals surface area contributed by atoms with E-state index in [9.17, 15) is 10.1 Å². The summed E-state index contributed by atoms with van der Waals surface area (Å²) < 4.78 is 5.71. The van der Waals surface area contributed by atoms with Crippen LogP contribution >= 0.6 is 0 Å². The summed E-state index contributed by atoms with van der Waals surface area (Å²) in [5.41, 5.74) is 5.07. The van der Waals surface area contributed by atoms with Gasteiger partial charge >= 0.3 is 0 Å². The lowest BCUT2D eigenvalue weighted by atomic mass is 10.2. The number of para-hydroxylation sites is 1. The van der Waals surface area contributed by atoms with Crippen LogP contribution in [0.5, 0.6) is 0 Å². The number of nitrogens with one attached hydrogen (secondary N) is 1. The highest BCUT2D eigenvalue weighted by atomic mass is 16.6. The average molecular weight is 295 g/mol. The van der Waals surface area contributed by atoms with Gasteiger partial charge in [0.15, 0.2) is 5.76 Å². The summed E-state index contributed by atoms with van der Waals surface area (Å²) in [6, 6.07) is 15.7. The Hall–Kier alpha value is -3.15. The van der Waals surface area contributed by atoms with Crippen LogP contribution in [-0.2, 0) is 0 Å². The van der Waals surface area contributed by atoms with Crippen LogP contribution in [-0.4, -0.2) is 10.6 Å². The molecule has 6 nitrogen and oxygen atoms in total. The Labute approximate surface area is 126 Å². The molecule has 3 aromatic rings. The zero-order chi connectivity index (χ0) is 15.5. The van der Waals surface area contributed by atoms with Crippen molar-refractivity contribution in [3.8, 4) is 0 Å². The van der Waals surface area contributed by atoms with Crippen molar-refractivity contribution in [2.24, 2.45) is 5.10 Å². The number of rotatable bonds is 4. The number of furan rings is 1. The summed E-state index contributed by atoms with van der Waals surface area (Å²) in [5, 5.41) is 15.8. The second-order valence-electron chi connectivity index (χ2n) is 4.76. The minimum Gasteiger partial charge on any atom is -0.455 e. The number of hydrogen-bond donors (Lipinski definition) is 1. The number of benzene rings is 2. The number of hydrogen-bond acceptors (Lipinski definition) is 5. The maximum absolute atomic E-state index is 10.6. The summed E-state index contributed by atoms with van der Waals surface area (Å²) in [5.74, 6) is 0.676. The molecule has 1 aromatic heterocycles. The molecule has 22 heavy (non-hydrogen) atoms. The van der Waals surface area contributed by atoms with Gasteiger partial charge in [-0.2, -0.15) is 5.10 Å². The van der Waals surface area contributed by atoms with Gasteiger partial charge in [0.1, 0.15) is 11.3 Å². The fraction of sp³-hybridized carbons (Fsp3) is 0.0625. The second-order valence-corrected chi connectivity index (χ2v) is 4.76. The molecule has 2 aromatic carbocycles. The Morgan fingerprint density at radius 3 is 2.59 bits per heavy atom. The number of hydrazone groups is 1. The highest BCUT2D eigenvalue weighted by Crippen LogP contribution is 2.20. The zero-order valence-electron chi connectivity index (χ0n) is 11.8. The van der Waals surface area contributed by atoms with Crippen molar-refractivity contribution < 1.29 is 9.34 Å². The Kier molecular flexibility index (Phi) is 3.57. The van der Waals surface area contributed by atoms with Gasteiger partial charge in [-0.1, -0.05) is 18.2 Å². The predicted octanol–water partition coefficient (Wildman–Crippen LogP) is 4.18. The van der Waals surface area contributed by atoms with E-state index in [-0.39, 0.29) is 5.69 Å². The van der Waals surface area contributed by atoms with E-state index in [1.54, 1.807) is 12.1 Å². The van der Waals surface area contributed by atoms with E-state index in [2.05, 4.69) is 10.5 Å². The standard InChI is InChI=1S/C16H13N3O3/c1-11(16-10-12-4-2-3-5-15(12)22-16)17-18-13-6-8-14(9-7-13)19(20)21/h2-10,18H,1H3. The van der Waals surface area contributed by atoms with Gasteiger partial charge in [-0.3, -0.25) is 15.5 Å². The highest BCUT2D eigenvalue weighted by Gasteiger charge is 2.06. The molecule has 1 heterocycles. The molecule has 1 N–H and O–H groups in total. The number of fused-ring (bicyclic) bond motifs is 1. The molecular weight excluding hydrogens is 282 g/mol. The summed E-state index contributed by atoms with van der Waals surface area (Å²) in [7, 11) is 0. The van der Waals surface area contributed by atoms with Crippen LogP contribution in [0, 0.1) is 10.1 Å². The molecule has 0 saturated carbocycles. The number of nitrogens with zero attached hydrogens (tertiary/aromatic N) is 2. The summed E-state index contributed by atoms with van der Waals surface area (Å²) in [4.78, 5) is 10.2. The Bertz CT molecular complexity index is 817. The first-order chi connectivity index (χ1) is 10.6. The van der Waals surface area contributed by atoms with Crippen LogP contribution in [0.1, 0.15) is 12.7 Å². The van der Waals surface area contributed by atoms with Gasteiger partial charge in [0.05, 0.1) is 10.6 Å². The van der Waals surface area contributed by atoms with E-state index in [0.29, 0.717) is 17.2 Å². The first-order valence-electron chi connectivity index (χ1n) is 6.67. The maximum Gasteiger partial charge on any atom is 0.269 e. The van der Waals surface area contributed by atoms with Crippen molar-refractivity contribution in [2.75, 3.05) is 5.43 Å². The lowest BCUT2D eigenvalue weighted by Crippen LogP contribution is -1.98. The van der Waals surface area contributed by atoms with E-state index < -0.39 is 4.92 Å². The quantitative estimate of drug-likeness (QED) is 0.445. The molecule has 6 heteroatoms. The van der Waals surface area contributed by atoms with E-state index in [0.717, 1.165) is 11.0 Å². The molecule has 0 radical (unpaired) electrons. The van der Waals surface area contributed by atoms with Crippen LogP contribution in [0.25, 0.3) is 11.0 Å². The van der Waals surface area contributed by atoms with Crippen molar-refractivity contribution in [1.82, 2.24) is 0 Å². The molecule has 3 rings (SSSR count). The molecule has 0 aliphatic carbocycles. The number of anilines is 1. The SMILES string of the molecule is CC(=NNc1ccc([N+](=O)[O-])cc1)c1cc2ccccc2o1. The highest BCUT2D eigenvalue weighted by molar-refractivity contribution is 6.00. The predicted molar refractivity (Wildman–Crippen MR) is 85.1 cm³/mol. The van der Waals surface area contributed by atoms with Gasteiger partial charge in [0, 0.05) is 17.5 Å². The lowest BCUT2D eigenvalue weighted by molar-refractivity contribution is -0.384. The fourth-order valence-corrected chi connectivity index (χ4v) is 2.02. The zero-order valence-corrected chi connectivity index (χ0v) is 11.8. The van der Waals surface area contributed by atoms with Gasteiger partial charge < -0.3 is 4.42 Å². The minimum absolute atomic E-state index is 0.0449. The molecule has 110 valence electrons. The van der Waals surface area contributed by atoms with Crippen molar-refractivity contribution >= 4 is 28.1 Å². The lowest BCUT2D eigenvalue weighted by Gasteiger charge is -2.01.